The van der Waals surface area contributed by atoms with Crippen LogP contribution in [-0.2, 0) is 20.8 Å². The van der Waals surface area contributed by atoms with Gasteiger partial charge in [-0.05, 0) is 50.1 Å². The molecule has 4 rings (SSSR count). The Morgan fingerprint density at radius 3 is 2.48 bits per heavy atom. The Morgan fingerprint density at radius 1 is 1.00 bits per heavy atom. The van der Waals surface area contributed by atoms with Crippen molar-refractivity contribution in [3.8, 4) is 0 Å². The molecule has 4 atom stereocenters. The first-order chi connectivity index (χ1) is 19.3. The maximum Gasteiger partial charge on any atom is 0.273 e. The topological polar surface area (TPSA) is 154 Å². The zero-order valence-electron chi connectivity index (χ0n) is 23.2. The van der Waals surface area contributed by atoms with Crippen molar-refractivity contribution < 1.29 is 23.6 Å². The van der Waals surface area contributed by atoms with E-state index in [0.717, 1.165) is 24.9 Å². The zero-order valence-corrected chi connectivity index (χ0v) is 23.2. The second-order valence-electron chi connectivity index (χ2n) is 10.9. The highest BCUT2D eigenvalue weighted by Crippen LogP contribution is 2.20. The maximum absolute atomic E-state index is 13.6. The number of rotatable bonds is 5. The molecule has 2 aliphatic heterocycles. The van der Waals surface area contributed by atoms with Crippen LogP contribution < -0.4 is 26.6 Å². The molecule has 1 aromatic heterocycles. The van der Waals surface area contributed by atoms with Gasteiger partial charge >= 0.3 is 0 Å². The number of nitrogens with zero attached hydrogens (tertiary/aromatic N) is 1. The zero-order chi connectivity index (χ0) is 28.5. The van der Waals surface area contributed by atoms with Crippen molar-refractivity contribution in [3.05, 3.63) is 53.7 Å². The standard InChI is InChI=1S/C29H40N6O5/c1-18(2)24-28(39)33-22(16-19-10-4-3-5-11-19)29-34-23(17-40-29)25(36)31-15-9-7-13-21(27(38)35-24)32-26(37)20-12-6-8-14-30-20/h3-5,10-11,17-18,20-22,24,30H,6-9,12-16H2,1-2H3,(H,31,36)(H,32,37)(H,33,39)(H,35,38)/t20-,21+,22-,24+/m1/s1. The van der Waals surface area contributed by atoms with Gasteiger partial charge in [-0.3, -0.25) is 19.2 Å². The van der Waals surface area contributed by atoms with Gasteiger partial charge in [0.2, 0.25) is 23.6 Å². The molecule has 1 aromatic carbocycles. The van der Waals surface area contributed by atoms with Gasteiger partial charge in [-0.1, -0.05) is 50.6 Å². The summed E-state index contributed by atoms with van der Waals surface area (Å²) in [7, 11) is 0. The van der Waals surface area contributed by atoms with Crippen molar-refractivity contribution in [1.82, 2.24) is 31.6 Å². The lowest BCUT2D eigenvalue weighted by Crippen LogP contribution is -2.58. The average Bonchev–Trinajstić information content (AvgIpc) is 3.45. The van der Waals surface area contributed by atoms with E-state index in [4.69, 9.17) is 4.42 Å². The summed E-state index contributed by atoms with van der Waals surface area (Å²) in [5, 5.41) is 14.8. The van der Waals surface area contributed by atoms with Crippen molar-refractivity contribution in [3.63, 3.8) is 0 Å². The van der Waals surface area contributed by atoms with Crippen LogP contribution in [0.25, 0.3) is 0 Å². The number of piperidine rings is 1. The number of carbonyl (C=O) groups excluding carboxylic acids is 4. The number of aromatic nitrogens is 1. The second kappa shape index (κ2) is 14.1. The number of fused-ring (bicyclic) bond motifs is 2. The van der Waals surface area contributed by atoms with Crippen LogP contribution in [0.1, 0.15) is 80.4 Å². The smallest absolute Gasteiger partial charge is 0.273 e. The Kier molecular flexibility index (Phi) is 10.3. The number of nitrogens with one attached hydrogen (secondary N) is 5. The number of benzene rings is 1. The van der Waals surface area contributed by atoms with Gasteiger partial charge in [-0.15, -0.1) is 0 Å². The lowest BCUT2D eigenvalue weighted by Gasteiger charge is -2.28. The quantitative estimate of drug-likeness (QED) is 0.379. The number of carbonyl (C=O) groups is 4. The molecule has 4 amide bonds. The van der Waals surface area contributed by atoms with Crippen LogP contribution in [0.2, 0.25) is 0 Å². The highest BCUT2D eigenvalue weighted by molar-refractivity contribution is 5.93. The fraction of sp³-hybridized carbons (Fsp3) is 0.552. The van der Waals surface area contributed by atoms with Crippen LogP contribution in [0, 0.1) is 5.92 Å². The van der Waals surface area contributed by atoms with Crippen molar-refractivity contribution in [2.24, 2.45) is 5.92 Å². The Hall–Kier alpha value is -3.73. The van der Waals surface area contributed by atoms with E-state index in [0.29, 0.717) is 38.6 Å². The Bertz CT molecular complexity index is 1160. The summed E-state index contributed by atoms with van der Waals surface area (Å²) in [4.78, 5) is 57.1. The van der Waals surface area contributed by atoms with Gasteiger partial charge < -0.3 is 31.0 Å². The summed E-state index contributed by atoms with van der Waals surface area (Å²) in [5.74, 6) is -1.43. The monoisotopic (exact) mass is 552 g/mol. The van der Waals surface area contributed by atoms with Crippen LogP contribution >= 0.6 is 0 Å². The number of hydrogen-bond acceptors (Lipinski definition) is 7. The highest BCUT2D eigenvalue weighted by Gasteiger charge is 2.33. The minimum absolute atomic E-state index is 0.133. The van der Waals surface area contributed by atoms with Crippen LogP contribution in [-0.4, -0.2) is 59.8 Å². The van der Waals surface area contributed by atoms with E-state index < -0.39 is 29.9 Å². The molecule has 0 radical (unpaired) electrons. The molecule has 216 valence electrons. The molecule has 11 heteroatoms. The third-order valence-electron chi connectivity index (χ3n) is 7.36. The summed E-state index contributed by atoms with van der Waals surface area (Å²) >= 11 is 0. The molecule has 0 unspecified atom stereocenters. The summed E-state index contributed by atoms with van der Waals surface area (Å²) in [6.07, 6.45) is 5.91. The van der Waals surface area contributed by atoms with E-state index in [2.05, 4.69) is 31.6 Å². The molecule has 2 aromatic rings. The molecule has 2 bridgehead atoms. The second-order valence-corrected chi connectivity index (χ2v) is 10.9. The third-order valence-corrected chi connectivity index (χ3v) is 7.36. The molecule has 1 fully saturated rings. The van der Waals surface area contributed by atoms with E-state index in [1.807, 2.05) is 44.2 Å². The highest BCUT2D eigenvalue weighted by atomic mass is 16.3. The molecule has 0 saturated carbocycles. The van der Waals surface area contributed by atoms with Crippen LogP contribution in [0.5, 0.6) is 0 Å². The molecular weight excluding hydrogens is 512 g/mol. The molecule has 40 heavy (non-hydrogen) atoms. The Morgan fingerprint density at radius 2 is 1.75 bits per heavy atom. The van der Waals surface area contributed by atoms with E-state index in [9.17, 15) is 19.2 Å². The fourth-order valence-electron chi connectivity index (χ4n) is 5.03. The summed E-state index contributed by atoms with van der Waals surface area (Å²) in [6, 6.07) is 6.88. The van der Waals surface area contributed by atoms with Crippen LogP contribution in [0.4, 0.5) is 0 Å². The minimum Gasteiger partial charge on any atom is -0.446 e. The predicted molar refractivity (Wildman–Crippen MR) is 148 cm³/mol. The molecular formula is C29H40N6O5. The van der Waals surface area contributed by atoms with E-state index in [1.165, 1.54) is 6.26 Å². The third kappa shape index (κ3) is 7.91. The molecule has 5 N–H and O–H groups in total. The molecule has 0 aliphatic carbocycles. The van der Waals surface area contributed by atoms with Gasteiger partial charge in [-0.25, -0.2) is 4.98 Å². The van der Waals surface area contributed by atoms with Crippen molar-refractivity contribution >= 4 is 23.6 Å². The molecule has 0 spiro atoms. The molecule has 11 nitrogen and oxygen atoms in total. The summed E-state index contributed by atoms with van der Waals surface area (Å²) in [6.45, 7) is 4.84. The maximum atomic E-state index is 13.6. The normalized spacial score (nSPS) is 25.0. The first kappa shape index (κ1) is 29.3. The number of hydrogen-bond donors (Lipinski definition) is 5. The van der Waals surface area contributed by atoms with E-state index >= 15 is 0 Å². The van der Waals surface area contributed by atoms with Gasteiger partial charge in [0.1, 0.15) is 24.4 Å². The van der Waals surface area contributed by atoms with E-state index in [-0.39, 0.29) is 35.4 Å². The van der Waals surface area contributed by atoms with Gasteiger partial charge in [0.25, 0.3) is 5.91 Å². The lowest BCUT2D eigenvalue weighted by atomic mass is 9.99. The minimum atomic E-state index is -0.858. The van der Waals surface area contributed by atoms with Gasteiger partial charge in [0.15, 0.2) is 5.69 Å². The average molecular weight is 553 g/mol. The molecule has 1 saturated heterocycles. The number of amides is 4. The van der Waals surface area contributed by atoms with Gasteiger partial charge in [-0.2, -0.15) is 0 Å². The lowest BCUT2D eigenvalue weighted by molar-refractivity contribution is -0.133. The first-order valence-corrected chi connectivity index (χ1v) is 14.2. The Balaban J connectivity index is 1.57. The fourth-order valence-corrected chi connectivity index (χ4v) is 5.03. The van der Waals surface area contributed by atoms with E-state index in [1.54, 1.807) is 0 Å². The summed E-state index contributed by atoms with van der Waals surface area (Å²) < 4.78 is 5.65. The SMILES string of the molecule is CC(C)[C@@H]1NC(=O)[C@@H](NC(=O)[C@H]2CCCCN2)CCCCNC(=O)c2coc(n2)[C@@H](Cc2ccccc2)NC1=O. The predicted octanol–water partition coefficient (Wildman–Crippen LogP) is 1.76. The van der Waals surface area contributed by atoms with Crippen LogP contribution in [0.3, 0.4) is 0 Å². The van der Waals surface area contributed by atoms with Gasteiger partial charge in [0.05, 0.1) is 6.04 Å². The summed E-state index contributed by atoms with van der Waals surface area (Å²) in [5.41, 5.74) is 1.07. The Labute approximate surface area is 234 Å². The first-order valence-electron chi connectivity index (χ1n) is 14.2. The van der Waals surface area contributed by atoms with Crippen molar-refractivity contribution in [2.45, 2.75) is 83.0 Å². The number of oxazole rings is 1. The molecule has 2 aliphatic rings. The van der Waals surface area contributed by atoms with Gasteiger partial charge in [0, 0.05) is 13.0 Å². The van der Waals surface area contributed by atoms with Crippen LogP contribution in [0.15, 0.2) is 41.0 Å². The molecule has 3 heterocycles. The largest absolute Gasteiger partial charge is 0.446 e. The van der Waals surface area contributed by atoms with Crippen molar-refractivity contribution in [1.29, 1.82) is 0 Å². The van der Waals surface area contributed by atoms with Crippen molar-refractivity contribution in [2.75, 3.05) is 13.1 Å².